The van der Waals surface area contributed by atoms with E-state index in [0.717, 1.165) is 24.3 Å². The van der Waals surface area contributed by atoms with E-state index in [0.29, 0.717) is 17.8 Å². The summed E-state index contributed by atoms with van der Waals surface area (Å²) in [4.78, 5) is 25.5. The standard InChI is InChI=1S/C25H16F5N3O2/c26-19-11-10-18(22(23(19)27)15-6-8-16(9-7-15)25(28,29)30)24(35)31-14-21(34)20-12-13-32-33(20)17-4-2-1-3-5-17/h1-13H,14H2,(H,31,35). The molecule has 0 aliphatic carbocycles. The number of para-hydroxylation sites is 1. The lowest BCUT2D eigenvalue weighted by atomic mass is 9.97. The van der Waals surface area contributed by atoms with E-state index in [2.05, 4.69) is 10.4 Å². The predicted molar refractivity (Wildman–Crippen MR) is 117 cm³/mol. The average molecular weight is 485 g/mol. The predicted octanol–water partition coefficient (Wildman–Crippen LogP) is 5.45. The van der Waals surface area contributed by atoms with Crippen molar-refractivity contribution in [1.29, 1.82) is 0 Å². The number of Topliss-reactive ketones (excluding diaryl/α,β-unsaturated/α-hetero) is 1. The summed E-state index contributed by atoms with van der Waals surface area (Å²) in [5, 5.41) is 6.46. The van der Waals surface area contributed by atoms with E-state index in [-0.39, 0.29) is 16.8 Å². The monoisotopic (exact) mass is 485 g/mol. The van der Waals surface area contributed by atoms with Crippen molar-refractivity contribution in [2.24, 2.45) is 0 Å². The molecular formula is C25H16F5N3O2. The van der Waals surface area contributed by atoms with E-state index in [1.807, 2.05) is 0 Å². The molecule has 5 nitrogen and oxygen atoms in total. The molecule has 0 atom stereocenters. The van der Waals surface area contributed by atoms with Gasteiger partial charge in [0.05, 0.1) is 29.6 Å². The fourth-order valence-corrected chi connectivity index (χ4v) is 3.48. The average Bonchev–Trinajstić information content (AvgIpc) is 3.34. The highest BCUT2D eigenvalue weighted by Crippen LogP contribution is 2.33. The molecule has 0 saturated heterocycles. The lowest BCUT2D eigenvalue weighted by molar-refractivity contribution is -0.137. The highest BCUT2D eigenvalue weighted by atomic mass is 19.4. The van der Waals surface area contributed by atoms with Gasteiger partial charge in [-0.05, 0) is 48.0 Å². The van der Waals surface area contributed by atoms with Crippen molar-refractivity contribution in [1.82, 2.24) is 15.1 Å². The zero-order valence-electron chi connectivity index (χ0n) is 17.8. The molecule has 0 bridgehead atoms. The molecule has 3 aromatic carbocycles. The van der Waals surface area contributed by atoms with Crippen LogP contribution in [0.3, 0.4) is 0 Å². The van der Waals surface area contributed by atoms with Crippen molar-refractivity contribution >= 4 is 11.7 Å². The van der Waals surface area contributed by atoms with E-state index in [9.17, 15) is 31.5 Å². The molecule has 1 amide bonds. The third kappa shape index (κ3) is 4.96. The molecule has 1 aromatic heterocycles. The Morgan fingerprint density at radius 1 is 0.886 bits per heavy atom. The van der Waals surface area contributed by atoms with E-state index in [4.69, 9.17) is 0 Å². The summed E-state index contributed by atoms with van der Waals surface area (Å²) in [5.41, 5.74) is -1.16. The Hall–Kier alpha value is -4.34. The highest BCUT2D eigenvalue weighted by Gasteiger charge is 2.30. The van der Waals surface area contributed by atoms with Crippen LogP contribution >= 0.6 is 0 Å². The van der Waals surface area contributed by atoms with Gasteiger partial charge >= 0.3 is 6.18 Å². The summed E-state index contributed by atoms with van der Waals surface area (Å²) < 4.78 is 68.6. The van der Waals surface area contributed by atoms with Crippen molar-refractivity contribution in [2.45, 2.75) is 6.18 Å². The number of nitrogens with zero attached hydrogens (tertiary/aromatic N) is 2. The lowest BCUT2D eigenvalue weighted by Gasteiger charge is -2.13. The first kappa shape index (κ1) is 23.8. The molecule has 0 aliphatic heterocycles. The largest absolute Gasteiger partial charge is 0.416 e. The number of amides is 1. The van der Waals surface area contributed by atoms with Crippen LogP contribution in [0.4, 0.5) is 22.0 Å². The van der Waals surface area contributed by atoms with Crippen molar-refractivity contribution < 1.29 is 31.5 Å². The molecule has 1 heterocycles. The Kier molecular flexibility index (Phi) is 6.46. The van der Waals surface area contributed by atoms with Crippen LogP contribution in [0.5, 0.6) is 0 Å². The normalized spacial score (nSPS) is 11.3. The molecule has 10 heteroatoms. The number of alkyl halides is 3. The summed E-state index contributed by atoms with van der Waals surface area (Å²) in [5.74, 6) is -4.08. The Morgan fingerprint density at radius 3 is 2.23 bits per heavy atom. The van der Waals surface area contributed by atoms with Gasteiger partial charge in [-0.2, -0.15) is 18.3 Å². The molecule has 0 unspecified atom stereocenters. The van der Waals surface area contributed by atoms with Crippen LogP contribution < -0.4 is 5.32 Å². The van der Waals surface area contributed by atoms with Crippen LogP contribution in [0.1, 0.15) is 26.4 Å². The topological polar surface area (TPSA) is 64.0 Å². The second-order valence-corrected chi connectivity index (χ2v) is 7.43. The zero-order valence-corrected chi connectivity index (χ0v) is 17.8. The second-order valence-electron chi connectivity index (χ2n) is 7.43. The van der Waals surface area contributed by atoms with Gasteiger partial charge in [-0.25, -0.2) is 13.5 Å². The Labute approximate surface area is 195 Å². The molecule has 0 aliphatic rings. The molecule has 0 radical (unpaired) electrons. The number of aromatic nitrogens is 2. The number of hydrogen-bond donors (Lipinski definition) is 1. The smallest absolute Gasteiger partial charge is 0.344 e. The van der Waals surface area contributed by atoms with Crippen LogP contribution in [0.2, 0.25) is 0 Å². The van der Waals surface area contributed by atoms with Crippen molar-refractivity contribution in [3.8, 4) is 16.8 Å². The molecule has 0 fully saturated rings. The summed E-state index contributed by atoms with van der Waals surface area (Å²) in [6.45, 7) is -0.483. The maximum atomic E-state index is 14.6. The molecule has 35 heavy (non-hydrogen) atoms. The number of ketones is 1. The number of rotatable bonds is 6. The summed E-state index contributed by atoms with van der Waals surface area (Å²) in [6, 6.07) is 15.3. The minimum absolute atomic E-state index is 0.131. The van der Waals surface area contributed by atoms with Gasteiger partial charge < -0.3 is 5.32 Å². The number of hydrogen-bond acceptors (Lipinski definition) is 3. The Bertz CT molecular complexity index is 1380. The first-order chi connectivity index (χ1) is 16.7. The van der Waals surface area contributed by atoms with E-state index >= 15 is 0 Å². The summed E-state index contributed by atoms with van der Waals surface area (Å²) >= 11 is 0. The SMILES string of the molecule is O=C(NCC(=O)c1ccnn1-c1ccccc1)c1ccc(F)c(F)c1-c1ccc(C(F)(F)F)cc1. The molecular weight excluding hydrogens is 469 g/mol. The van der Waals surface area contributed by atoms with Crippen molar-refractivity contribution in [3.05, 3.63) is 107 Å². The van der Waals surface area contributed by atoms with Gasteiger partial charge in [-0.3, -0.25) is 9.59 Å². The van der Waals surface area contributed by atoms with Crippen LogP contribution in [0, 0.1) is 11.6 Å². The number of carbonyl (C=O) groups is 2. The van der Waals surface area contributed by atoms with Crippen LogP contribution in [-0.2, 0) is 6.18 Å². The third-order valence-corrected chi connectivity index (χ3v) is 5.18. The number of carbonyl (C=O) groups excluding carboxylic acids is 2. The molecule has 1 N–H and O–H groups in total. The Morgan fingerprint density at radius 2 is 1.57 bits per heavy atom. The number of nitrogens with one attached hydrogen (secondary N) is 1. The van der Waals surface area contributed by atoms with Gasteiger partial charge in [0.2, 0.25) is 0 Å². The highest BCUT2D eigenvalue weighted by molar-refractivity contribution is 6.04. The molecule has 0 saturated carbocycles. The maximum Gasteiger partial charge on any atom is 0.416 e. The lowest BCUT2D eigenvalue weighted by Crippen LogP contribution is -2.31. The number of halogens is 5. The first-order valence-electron chi connectivity index (χ1n) is 10.2. The summed E-state index contributed by atoms with van der Waals surface area (Å²) in [7, 11) is 0. The van der Waals surface area contributed by atoms with Gasteiger partial charge in [-0.1, -0.05) is 30.3 Å². The van der Waals surface area contributed by atoms with Gasteiger partial charge in [0.25, 0.3) is 5.91 Å². The first-order valence-corrected chi connectivity index (χ1v) is 10.2. The van der Waals surface area contributed by atoms with Crippen LogP contribution in [-0.4, -0.2) is 28.0 Å². The van der Waals surface area contributed by atoms with Gasteiger partial charge in [-0.15, -0.1) is 0 Å². The molecule has 178 valence electrons. The second kappa shape index (κ2) is 9.49. The third-order valence-electron chi connectivity index (χ3n) is 5.18. The van der Waals surface area contributed by atoms with Gasteiger partial charge in [0.15, 0.2) is 17.4 Å². The van der Waals surface area contributed by atoms with E-state index in [1.54, 1.807) is 30.3 Å². The maximum absolute atomic E-state index is 14.6. The molecule has 4 aromatic rings. The van der Waals surface area contributed by atoms with Crippen LogP contribution in [0.25, 0.3) is 16.8 Å². The fraction of sp³-hybridized carbons (Fsp3) is 0.0800. The minimum Gasteiger partial charge on any atom is -0.344 e. The van der Waals surface area contributed by atoms with Gasteiger partial charge in [0, 0.05) is 5.56 Å². The van der Waals surface area contributed by atoms with Crippen LogP contribution in [0.15, 0.2) is 79.0 Å². The van der Waals surface area contributed by atoms with Gasteiger partial charge in [0.1, 0.15) is 5.69 Å². The van der Waals surface area contributed by atoms with E-state index in [1.165, 1.54) is 16.9 Å². The van der Waals surface area contributed by atoms with Crippen molar-refractivity contribution in [3.63, 3.8) is 0 Å². The fourth-order valence-electron chi connectivity index (χ4n) is 3.48. The molecule has 0 spiro atoms. The minimum atomic E-state index is -4.62. The Balaban J connectivity index is 1.58. The molecule has 4 rings (SSSR count). The van der Waals surface area contributed by atoms with E-state index < -0.39 is 47.2 Å². The van der Waals surface area contributed by atoms with Crippen molar-refractivity contribution in [2.75, 3.05) is 6.54 Å². The number of benzene rings is 3. The summed E-state index contributed by atoms with van der Waals surface area (Å²) in [6.07, 6.45) is -3.20. The zero-order chi connectivity index (χ0) is 25.2. The quantitative estimate of drug-likeness (QED) is 0.292.